The van der Waals surface area contributed by atoms with E-state index in [9.17, 15) is 13.2 Å². The number of carbonyl (C=O) groups is 1. The van der Waals surface area contributed by atoms with E-state index >= 15 is 0 Å². The third-order valence-electron chi connectivity index (χ3n) is 4.89. The molecule has 1 amide bonds. The number of benzene rings is 3. The predicted octanol–water partition coefficient (Wildman–Crippen LogP) is 4.83. The quantitative estimate of drug-likeness (QED) is 0.213. The Morgan fingerprint density at radius 3 is 2.26 bits per heavy atom. The average molecular weight is 496 g/mol. The molecule has 35 heavy (non-hydrogen) atoms. The molecular formula is C26H29N3O5S. The Balaban J connectivity index is 1.65. The van der Waals surface area contributed by atoms with Crippen LogP contribution in [0.3, 0.4) is 0 Å². The second-order valence-electron chi connectivity index (χ2n) is 7.53. The van der Waals surface area contributed by atoms with Gasteiger partial charge >= 0.3 is 0 Å². The number of amides is 1. The largest absolute Gasteiger partial charge is 0.494 e. The minimum atomic E-state index is -3.91. The van der Waals surface area contributed by atoms with Crippen molar-refractivity contribution in [1.29, 1.82) is 0 Å². The molecule has 0 aliphatic heterocycles. The van der Waals surface area contributed by atoms with Crippen molar-refractivity contribution in [3.05, 3.63) is 83.9 Å². The van der Waals surface area contributed by atoms with Crippen LogP contribution in [0.1, 0.15) is 42.6 Å². The molecule has 0 atom stereocenters. The molecule has 0 aromatic heterocycles. The lowest BCUT2D eigenvalue weighted by molar-refractivity contribution is 0.0956. The SMILES string of the molecule is CCCCOc1ccc(/C=N/NC(=O)c2ccccc2NS(=O)(=O)c2ccc(OCC)cc2)cc1. The molecule has 0 aliphatic carbocycles. The van der Waals surface area contributed by atoms with Crippen LogP contribution in [0.15, 0.2) is 82.8 Å². The van der Waals surface area contributed by atoms with Gasteiger partial charge in [-0.2, -0.15) is 5.10 Å². The molecule has 8 nitrogen and oxygen atoms in total. The van der Waals surface area contributed by atoms with E-state index in [2.05, 4.69) is 22.2 Å². The molecule has 0 spiro atoms. The fraction of sp³-hybridized carbons (Fsp3) is 0.231. The highest BCUT2D eigenvalue weighted by atomic mass is 32.2. The lowest BCUT2D eigenvalue weighted by Crippen LogP contribution is -2.21. The Kier molecular flexibility index (Phi) is 9.25. The van der Waals surface area contributed by atoms with Crippen molar-refractivity contribution in [3.63, 3.8) is 0 Å². The molecule has 0 radical (unpaired) electrons. The van der Waals surface area contributed by atoms with Crippen LogP contribution in [-0.2, 0) is 10.0 Å². The zero-order valence-corrected chi connectivity index (χ0v) is 20.5. The second kappa shape index (κ2) is 12.6. The van der Waals surface area contributed by atoms with Gasteiger partial charge in [0.2, 0.25) is 0 Å². The number of ether oxygens (including phenoxy) is 2. The monoisotopic (exact) mass is 495 g/mol. The Labute approximate surface area is 206 Å². The van der Waals surface area contributed by atoms with Crippen LogP contribution in [0.25, 0.3) is 0 Å². The van der Waals surface area contributed by atoms with Crippen molar-refractivity contribution in [2.45, 2.75) is 31.6 Å². The van der Waals surface area contributed by atoms with Crippen LogP contribution < -0.4 is 19.6 Å². The molecule has 0 bridgehead atoms. The summed E-state index contributed by atoms with van der Waals surface area (Å²) in [6, 6.07) is 19.7. The summed E-state index contributed by atoms with van der Waals surface area (Å²) in [5.41, 5.74) is 3.49. The van der Waals surface area contributed by atoms with E-state index in [0.717, 1.165) is 24.2 Å². The number of nitrogens with zero attached hydrogens (tertiary/aromatic N) is 1. The summed E-state index contributed by atoms with van der Waals surface area (Å²) in [6.07, 6.45) is 3.56. The van der Waals surface area contributed by atoms with E-state index < -0.39 is 15.9 Å². The number of rotatable bonds is 12. The van der Waals surface area contributed by atoms with Gasteiger partial charge in [-0.05, 0) is 79.6 Å². The maximum Gasteiger partial charge on any atom is 0.273 e. The number of carbonyl (C=O) groups excluding carboxylic acids is 1. The van der Waals surface area contributed by atoms with E-state index in [0.29, 0.717) is 19.0 Å². The lowest BCUT2D eigenvalue weighted by atomic mass is 10.2. The summed E-state index contributed by atoms with van der Waals surface area (Å²) < 4.78 is 39.1. The topological polar surface area (TPSA) is 106 Å². The third-order valence-corrected chi connectivity index (χ3v) is 6.27. The summed E-state index contributed by atoms with van der Waals surface area (Å²) in [5, 5.41) is 3.99. The lowest BCUT2D eigenvalue weighted by Gasteiger charge is -2.12. The molecule has 2 N–H and O–H groups in total. The Hall–Kier alpha value is -3.85. The highest BCUT2D eigenvalue weighted by Gasteiger charge is 2.18. The normalized spacial score (nSPS) is 11.3. The molecule has 0 aliphatic rings. The Bertz CT molecular complexity index is 1240. The first kappa shape index (κ1) is 25.8. The molecule has 3 aromatic carbocycles. The van der Waals surface area contributed by atoms with Gasteiger partial charge < -0.3 is 9.47 Å². The number of unbranched alkanes of at least 4 members (excludes halogenated alkanes) is 1. The van der Waals surface area contributed by atoms with Crippen molar-refractivity contribution < 1.29 is 22.7 Å². The van der Waals surface area contributed by atoms with Gasteiger partial charge in [0.05, 0.1) is 35.6 Å². The molecule has 3 rings (SSSR count). The molecule has 0 fully saturated rings. The van der Waals surface area contributed by atoms with Crippen molar-refractivity contribution in [1.82, 2.24) is 5.43 Å². The number of hydrogen-bond acceptors (Lipinski definition) is 6. The van der Waals surface area contributed by atoms with Gasteiger partial charge in [-0.3, -0.25) is 9.52 Å². The number of para-hydroxylation sites is 1. The van der Waals surface area contributed by atoms with Gasteiger partial charge in [0, 0.05) is 0 Å². The van der Waals surface area contributed by atoms with Gasteiger partial charge in [0.15, 0.2) is 0 Å². The summed E-state index contributed by atoms with van der Waals surface area (Å²) >= 11 is 0. The summed E-state index contributed by atoms with van der Waals surface area (Å²) in [4.78, 5) is 12.8. The van der Waals surface area contributed by atoms with Crippen LogP contribution in [0.2, 0.25) is 0 Å². The van der Waals surface area contributed by atoms with Crippen LogP contribution >= 0.6 is 0 Å². The maximum absolute atomic E-state index is 12.8. The zero-order valence-electron chi connectivity index (χ0n) is 19.7. The van der Waals surface area contributed by atoms with Gasteiger partial charge in [-0.25, -0.2) is 13.8 Å². The molecule has 0 unspecified atom stereocenters. The van der Waals surface area contributed by atoms with Crippen LogP contribution in [0.5, 0.6) is 11.5 Å². The van der Waals surface area contributed by atoms with Crippen LogP contribution in [-0.4, -0.2) is 33.8 Å². The number of nitrogens with one attached hydrogen (secondary N) is 2. The molecular weight excluding hydrogens is 466 g/mol. The second-order valence-corrected chi connectivity index (χ2v) is 9.21. The molecule has 0 saturated carbocycles. The van der Waals surface area contributed by atoms with Gasteiger partial charge in [-0.1, -0.05) is 25.5 Å². The molecule has 0 saturated heterocycles. The van der Waals surface area contributed by atoms with Crippen molar-refractivity contribution >= 4 is 27.8 Å². The fourth-order valence-corrected chi connectivity index (χ4v) is 4.15. The number of hydrogen-bond donors (Lipinski definition) is 2. The number of anilines is 1. The van der Waals surface area contributed by atoms with E-state index in [4.69, 9.17) is 9.47 Å². The highest BCUT2D eigenvalue weighted by molar-refractivity contribution is 7.92. The first-order valence-electron chi connectivity index (χ1n) is 11.3. The first-order chi connectivity index (χ1) is 16.9. The van der Waals surface area contributed by atoms with E-state index in [1.165, 1.54) is 30.5 Å². The molecule has 184 valence electrons. The van der Waals surface area contributed by atoms with Crippen molar-refractivity contribution in [2.75, 3.05) is 17.9 Å². The van der Waals surface area contributed by atoms with Gasteiger partial charge in [0.1, 0.15) is 11.5 Å². The first-order valence-corrected chi connectivity index (χ1v) is 12.8. The zero-order chi connectivity index (χ0) is 25.1. The van der Waals surface area contributed by atoms with E-state index in [-0.39, 0.29) is 16.1 Å². The minimum Gasteiger partial charge on any atom is -0.494 e. The van der Waals surface area contributed by atoms with Crippen LogP contribution in [0, 0.1) is 0 Å². The fourth-order valence-electron chi connectivity index (χ4n) is 3.07. The molecule has 3 aromatic rings. The summed E-state index contributed by atoms with van der Waals surface area (Å²) in [5.74, 6) is 0.793. The standard InChI is InChI=1S/C26H29N3O5S/c1-3-5-18-34-22-12-10-20(11-13-22)19-27-28-26(30)24-8-6-7-9-25(24)29-35(31,32)23-16-14-21(15-17-23)33-4-2/h6-17,19,29H,3-5,18H2,1-2H3,(H,28,30)/b27-19+. The third kappa shape index (κ3) is 7.58. The minimum absolute atomic E-state index is 0.0521. The maximum atomic E-state index is 12.8. The van der Waals surface area contributed by atoms with Crippen LogP contribution in [0.4, 0.5) is 5.69 Å². The predicted molar refractivity (Wildman–Crippen MR) is 137 cm³/mol. The Morgan fingerprint density at radius 1 is 0.914 bits per heavy atom. The summed E-state index contributed by atoms with van der Waals surface area (Å²) in [6.45, 7) is 5.10. The molecule has 0 heterocycles. The average Bonchev–Trinajstić information content (AvgIpc) is 2.86. The number of sulfonamides is 1. The smallest absolute Gasteiger partial charge is 0.273 e. The van der Waals surface area contributed by atoms with E-state index in [1.54, 1.807) is 24.3 Å². The highest BCUT2D eigenvalue weighted by Crippen LogP contribution is 2.22. The van der Waals surface area contributed by atoms with Crippen molar-refractivity contribution in [2.24, 2.45) is 5.10 Å². The van der Waals surface area contributed by atoms with Gasteiger partial charge in [0.25, 0.3) is 15.9 Å². The van der Waals surface area contributed by atoms with E-state index in [1.807, 2.05) is 31.2 Å². The summed E-state index contributed by atoms with van der Waals surface area (Å²) in [7, 11) is -3.91. The molecule has 9 heteroatoms. The van der Waals surface area contributed by atoms with Gasteiger partial charge in [-0.15, -0.1) is 0 Å². The van der Waals surface area contributed by atoms with Crippen molar-refractivity contribution in [3.8, 4) is 11.5 Å². The Morgan fingerprint density at radius 2 is 1.57 bits per heavy atom. The number of hydrazone groups is 1.